The number of hydrogen-bond donors (Lipinski definition) is 2. The summed E-state index contributed by atoms with van der Waals surface area (Å²) >= 11 is 3.44. The fourth-order valence-electron chi connectivity index (χ4n) is 2.53. The molecule has 2 N–H and O–H groups in total. The second-order valence-corrected chi connectivity index (χ2v) is 6.23. The van der Waals surface area contributed by atoms with Gasteiger partial charge in [0, 0.05) is 18.5 Å². The van der Waals surface area contributed by atoms with Crippen molar-refractivity contribution in [1.82, 2.24) is 9.97 Å². The molecule has 2 aliphatic rings. The Bertz CT molecular complexity index is 436. The number of hydrogen-bond acceptors (Lipinski definition) is 4. The quantitative estimate of drug-likeness (QED) is 0.839. The summed E-state index contributed by atoms with van der Waals surface area (Å²) < 4.78 is 0.855. The standard InChI is InChI=1S/C13H18BrN3O/c14-11-6-12(17-13(16-11)9-2-3-9)15-7-8-1-4-10(18)5-8/h6,8-10,18H,1-5,7H2,(H,15,16,17). The van der Waals surface area contributed by atoms with E-state index < -0.39 is 0 Å². The summed E-state index contributed by atoms with van der Waals surface area (Å²) in [6.07, 6.45) is 5.28. The largest absolute Gasteiger partial charge is 0.393 e. The predicted octanol–water partition coefficient (Wildman–Crippen LogP) is 2.69. The van der Waals surface area contributed by atoms with Gasteiger partial charge < -0.3 is 10.4 Å². The number of halogens is 1. The van der Waals surface area contributed by atoms with Crippen LogP contribution in [0.1, 0.15) is 43.8 Å². The Morgan fingerprint density at radius 3 is 2.78 bits per heavy atom. The molecule has 3 rings (SSSR count). The molecule has 0 radical (unpaired) electrons. The molecule has 5 heteroatoms. The minimum Gasteiger partial charge on any atom is -0.393 e. The van der Waals surface area contributed by atoms with Crippen LogP contribution in [0.25, 0.3) is 0 Å². The van der Waals surface area contributed by atoms with Gasteiger partial charge in [0.2, 0.25) is 0 Å². The van der Waals surface area contributed by atoms with Crippen molar-refractivity contribution in [2.24, 2.45) is 5.92 Å². The van der Waals surface area contributed by atoms with Crippen molar-refractivity contribution in [1.29, 1.82) is 0 Å². The third-order valence-corrected chi connectivity index (χ3v) is 4.15. The maximum Gasteiger partial charge on any atom is 0.135 e. The summed E-state index contributed by atoms with van der Waals surface area (Å²) in [5.41, 5.74) is 0. The van der Waals surface area contributed by atoms with Crippen LogP contribution >= 0.6 is 15.9 Å². The fourth-order valence-corrected chi connectivity index (χ4v) is 2.93. The Morgan fingerprint density at radius 1 is 1.28 bits per heavy atom. The van der Waals surface area contributed by atoms with E-state index in [1.165, 1.54) is 12.8 Å². The molecule has 2 fully saturated rings. The minimum absolute atomic E-state index is 0.101. The van der Waals surface area contributed by atoms with Crippen molar-refractivity contribution in [2.75, 3.05) is 11.9 Å². The van der Waals surface area contributed by atoms with Crippen LogP contribution in [0.3, 0.4) is 0 Å². The van der Waals surface area contributed by atoms with Gasteiger partial charge in [0.15, 0.2) is 0 Å². The van der Waals surface area contributed by atoms with Gasteiger partial charge in [-0.1, -0.05) is 0 Å². The zero-order chi connectivity index (χ0) is 12.5. The molecular weight excluding hydrogens is 294 g/mol. The molecule has 0 saturated heterocycles. The van der Waals surface area contributed by atoms with Crippen molar-refractivity contribution in [2.45, 2.75) is 44.1 Å². The van der Waals surface area contributed by atoms with Crippen LogP contribution in [0, 0.1) is 5.92 Å². The normalized spacial score (nSPS) is 27.4. The van der Waals surface area contributed by atoms with Gasteiger partial charge in [0.05, 0.1) is 6.10 Å². The molecule has 2 saturated carbocycles. The van der Waals surface area contributed by atoms with Crippen molar-refractivity contribution in [3.05, 3.63) is 16.5 Å². The van der Waals surface area contributed by atoms with Crippen LogP contribution in [-0.4, -0.2) is 27.7 Å². The van der Waals surface area contributed by atoms with E-state index in [0.717, 1.165) is 42.1 Å². The van der Waals surface area contributed by atoms with E-state index in [1.54, 1.807) is 0 Å². The minimum atomic E-state index is -0.101. The number of nitrogens with one attached hydrogen (secondary N) is 1. The zero-order valence-corrected chi connectivity index (χ0v) is 11.9. The van der Waals surface area contributed by atoms with Crippen LogP contribution < -0.4 is 5.32 Å². The lowest BCUT2D eigenvalue weighted by atomic mass is 10.1. The maximum atomic E-state index is 9.51. The van der Waals surface area contributed by atoms with Crippen LogP contribution in [-0.2, 0) is 0 Å². The Morgan fingerprint density at radius 2 is 2.11 bits per heavy atom. The molecule has 18 heavy (non-hydrogen) atoms. The Kier molecular flexibility index (Phi) is 3.52. The average molecular weight is 312 g/mol. The third-order valence-electron chi connectivity index (χ3n) is 3.74. The van der Waals surface area contributed by atoms with Crippen molar-refractivity contribution in [3.8, 4) is 0 Å². The lowest BCUT2D eigenvalue weighted by Gasteiger charge is -2.12. The molecule has 2 atom stereocenters. The summed E-state index contributed by atoms with van der Waals surface area (Å²) in [6.45, 7) is 0.893. The SMILES string of the molecule is OC1CCC(CNc2cc(Br)nc(C3CC3)n2)C1. The molecule has 0 spiro atoms. The van der Waals surface area contributed by atoms with E-state index in [1.807, 2.05) is 6.07 Å². The van der Waals surface area contributed by atoms with Gasteiger partial charge >= 0.3 is 0 Å². The lowest BCUT2D eigenvalue weighted by Crippen LogP contribution is -2.14. The number of aliphatic hydroxyl groups is 1. The highest BCUT2D eigenvalue weighted by Gasteiger charge is 2.27. The van der Waals surface area contributed by atoms with E-state index in [9.17, 15) is 5.11 Å². The molecule has 1 heterocycles. The van der Waals surface area contributed by atoms with E-state index >= 15 is 0 Å². The molecule has 98 valence electrons. The molecule has 0 bridgehead atoms. The first-order valence-corrected chi connectivity index (χ1v) is 7.46. The first-order chi connectivity index (χ1) is 8.70. The van der Waals surface area contributed by atoms with Crippen LogP contribution in [0.15, 0.2) is 10.7 Å². The zero-order valence-electron chi connectivity index (χ0n) is 10.3. The summed E-state index contributed by atoms with van der Waals surface area (Å²) in [4.78, 5) is 8.97. The van der Waals surface area contributed by atoms with E-state index in [0.29, 0.717) is 11.8 Å². The predicted molar refractivity (Wildman–Crippen MR) is 73.5 cm³/mol. The molecule has 2 aliphatic carbocycles. The third kappa shape index (κ3) is 3.01. The molecular formula is C13H18BrN3O. The smallest absolute Gasteiger partial charge is 0.135 e. The Balaban J connectivity index is 1.61. The number of rotatable bonds is 4. The molecule has 0 aromatic carbocycles. The number of aromatic nitrogens is 2. The Labute approximate surface area is 115 Å². The van der Waals surface area contributed by atoms with Crippen molar-refractivity contribution < 1.29 is 5.11 Å². The molecule has 0 aliphatic heterocycles. The maximum absolute atomic E-state index is 9.51. The molecule has 1 aromatic rings. The van der Waals surface area contributed by atoms with Gasteiger partial charge in [-0.2, -0.15) is 0 Å². The van der Waals surface area contributed by atoms with E-state index in [-0.39, 0.29) is 6.10 Å². The highest BCUT2D eigenvalue weighted by molar-refractivity contribution is 9.10. The monoisotopic (exact) mass is 311 g/mol. The van der Waals surface area contributed by atoms with Gasteiger partial charge in [0.1, 0.15) is 16.2 Å². The highest BCUT2D eigenvalue weighted by Crippen LogP contribution is 2.38. The molecule has 2 unspecified atom stereocenters. The summed E-state index contributed by atoms with van der Waals surface area (Å²) in [6, 6.07) is 1.93. The average Bonchev–Trinajstić information content (AvgIpc) is 3.10. The van der Waals surface area contributed by atoms with Gasteiger partial charge in [-0.05, 0) is 54.0 Å². The van der Waals surface area contributed by atoms with Gasteiger partial charge in [-0.25, -0.2) is 9.97 Å². The Hall–Kier alpha value is -0.680. The fraction of sp³-hybridized carbons (Fsp3) is 0.692. The van der Waals surface area contributed by atoms with Crippen LogP contribution in [0.4, 0.5) is 5.82 Å². The van der Waals surface area contributed by atoms with E-state index in [2.05, 4.69) is 31.2 Å². The first-order valence-electron chi connectivity index (χ1n) is 6.67. The molecule has 1 aromatic heterocycles. The molecule has 0 amide bonds. The van der Waals surface area contributed by atoms with E-state index in [4.69, 9.17) is 0 Å². The molecule has 4 nitrogen and oxygen atoms in total. The van der Waals surface area contributed by atoms with Crippen LogP contribution in [0.5, 0.6) is 0 Å². The van der Waals surface area contributed by atoms with Gasteiger partial charge in [-0.3, -0.25) is 0 Å². The number of nitrogens with zero attached hydrogens (tertiary/aromatic N) is 2. The lowest BCUT2D eigenvalue weighted by molar-refractivity contribution is 0.178. The van der Waals surface area contributed by atoms with Crippen molar-refractivity contribution in [3.63, 3.8) is 0 Å². The highest BCUT2D eigenvalue weighted by atomic mass is 79.9. The number of aliphatic hydroxyl groups excluding tert-OH is 1. The number of anilines is 1. The van der Waals surface area contributed by atoms with Crippen LogP contribution in [0.2, 0.25) is 0 Å². The summed E-state index contributed by atoms with van der Waals surface area (Å²) in [7, 11) is 0. The topological polar surface area (TPSA) is 58.0 Å². The second-order valence-electron chi connectivity index (χ2n) is 5.42. The summed E-state index contributed by atoms with van der Waals surface area (Å²) in [5.74, 6) is 2.99. The second kappa shape index (κ2) is 5.13. The van der Waals surface area contributed by atoms with Gasteiger partial charge in [-0.15, -0.1) is 0 Å². The first kappa shape index (κ1) is 12.4. The summed E-state index contributed by atoms with van der Waals surface area (Å²) in [5, 5.41) is 12.9. The van der Waals surface area contributed by atoms with Crippen molar-refractivity contribution >= 4 is 21.7 Å². The van der Waals surface area contributed by atoms with Gasteiger partial charge in [0.25, 0.3) is 0 Å².